The zero-order chi connectivity index (χ0) is 24.0. The van der Waals surface area contributed by atoms with Gasteiger partial charge in [0.05, 0.1) is 16.1 Å². The number of hydrogen-bond acceptors (Lipinski definition) is 3. The van der Waals surface area contributed by atoms with Crippen LogP contribution in [-0.2, 0) is 4.79 Å². The predicted molar refractivity (Wildman–Crippen MR) is 126 cm³/mol. The Bertz CT molecular complexity index is 1010. The molecule has 1 fully saturated rings. The number of amides is 3. The summed E-state index contributed by atoms with van der Waals surface area (Å²) in [6.45, 7) is 5.21. The molecule has 2 aromatic rings. The number of hydrogen-bond donors (Lipinski definition) is 2. The van der Waals surface area contributed by atoms with Crippen molar-refractivity contribution in [3.05, 3.63) is 70.5 Å². The molecule has 8 heteroatoms. The fourth-order valence-electron chi connectivity index (χ4n) is 3.92. The van der Waals surface area contributed by atoms with Gasteiger partial charge in [0.25, 0.3) is 11.8 Å². The van der Waals surface area contributed by atoms with Crippen molar-refractivity contribution < 1.29 is 18.8 Å². The zero-order valence-electron chi connectivity index (χ0n) is 18.8. The summed E-state index contributed by atoms with van der Waals surface area (Å²) >= 11 is 6.16. The van der Waals surface area contributed by atoms with Gasteiger partial charge in [0.1, 0.15) is 11.9 Å². The highest BCUT2D eigenvalue weighted by molar-refractivity contribution is 6.33. The quantitative estimate of drug-likeness (QED) is 0.640. The van der Waals surface area contributed by atoms with E-state index in [2.05, 4.69) is 10.6 Å². The van der Waals surface area contributed by atoms with Gasteiger partial charge in [-0.15, -0.1) is 0 Å². The van der Waals surface area contributed by atoms with Gasteiger partial charge in [-0.05, 0) is 48.9 Å². The molecule has 1 aliphatic heterocycles. The molecule has 1 saturated heterocycles. The first-order chi connectivity index (χ1) is 15.8. The first-order valence-corrected chi connectivity index (χ1v) is 11.5. The molecule has 0 spiro atoms. The van der Waals surface area contributed by atoms with E-state index in [1.54, 1.807) is 41.3 Å². The molecule has 1 heterocycles. The van der Waals surface area contributed by atoms with E-state index >= 15 is 0 Å². The number of benzene rings is 2. The van der Waals surface area contributed by atoms with E-state index in [0.717, 1.165) is 0 Å². The summed E-state index contributed by atoms with van der Waals surface area (Å²) < 4.78 is 14.0. The molecular formula is C25H29ClFN3O3. The van der Waals surface area contributed by atoms with E-state index in [1.165, 1.54) is 12.1 Å². The van der Waals surface area contributed by atoms with Gasteiger partial charge >= 0.3 is 0 Å². The Balaban J connectivity index is 1.71. The van der Waals surface area contributed by atoms with Crippen LogP contribution >= 0.6 is 11.6 Å². The first-order valence-electron chi connectivity index (χ1n) is 11.1. The maximum atomic E-state index is 14.0. The Morgan fingerprint density at radius 3 is 2.24 bits per heavy atom. The van der Waals surface area contributed by atoms with Gasteiger partial charge in [-0.3, -0.25) is 14.4 Å². The molecule has 0 saturated carbocycles. The maximum Gasteiger partial charge on any atom is 0.256 e. The molecule has 1 aliphatic rings. The first kappa shape index (κ1) is 24.7. The van der Waals surface area contributed by atoms with Crippen molar-refractivity contribution in [2.75, 3.05) is 19.6 Å². The van der Waals surface area contributed by atoms with Gasteiger partial charge < -0.3 is 15.5 Å². The molecule has 3 amide bonds. The van der Waals surface area contributed by atoms with Crippen molar-refractivity contribution in [3.8, 4) is 0 Å². The smallest absolute Gasteiger partial charge is 0.256 e. The van der Waals surface area contributed by atoms with Crippen molar-refractivity contribution >= 4 is 29.3 Å². The van der Waals surface area contributed by atoms with E-state index in [1.807, 2.05) is 13.8 Å². The number of likely N-dealkylation sites (tertiary alicyclic amines) is 1. The monoisotopic (exact) mass is 473 g/mol. The summed E-state index contributed by atoms with van der Waals surface area (Å²) in [5.41, 5.74) is 0.335. The summed E-state index contributed by atoms with van der Waals surface area (Å²) in [4.78, 5) is 40.2. The van der Waals surface area contributed by atoms with Crippen molar-refractivity contribution in [3.63, 3.8) is 0 Å². The third-order valence-corrected chi connectivity index (χ3v) is 6.10. The van der Waals surface area contributed by atoms with Gasteiger partial charge in [-0.25, -0.2) is 4.39 Å². The number of halogens is 2. The molecule has 0 aromatic heterocycles. The molecule has 3 rings (SSSR count). The number of rotatable bonds is 7. The minimum atomic E-state index is -0.766. The van der Waals surface area contributed by atoms with Crippen molar-refractivity contribution in [1.29, 1.82) is 0 Å². The van der Waals surface area contributed by atoms with E-state index in [0.29, 0.717) is 43.1 Å². The Morgan fingerprint density at radius 2 is 1.64 bits per heavy atom. The SMILES string of the molecule is CC(C)CNC(=O)[C@@H](NC(=O)c1ccccc1Cl)C1CCN(C(=O)c2ccccc2F)CC1. The minimum Gasteiger partial charge on any atom is -0.354 e. The van der Waals surface area contributed by atoms with Gasteiger partial charge in [0.2, 0.25) is 5.91 Å². The normalized spacial score (nSPS) is 15.2. The lowest BCUT2D eigenvalue weighted by Gasteiger charge is -2.36. The van der Waals surface area contributed by atoms with Crippen molar-refractivity contribution in [1.82, 2.24) is 15.5 Å². The highest BCUT2D eigenvalue weighted by Crippen LogP contribution is 2.24. The van der Waals surface area contributed by atoms with Gasteiger partial charge in [-0.2, -0.15) is 0 Å². The molecule has 6 nitrogen and oxygen atoms in total. The molecule has 0 unspecified atom stereocenters. The van der Waals surface area contributed by atoms with Gasteiger partial charge in [0, 0.05) is 19.6 Å². The van der Waals surface area contributed by atoms with E-state index < -0.39 is 17.8 Å². The third kappa shape index (κ3) is 6.32. The fraction of sp³-hybridized carbons (Fsp3) is 0.400. The second-order valence-corrected chi connectivity index (χ2v) is 9.09. The van der Waals surface area contributed by atoms with Crippen LogP contribution in [0.15, 0.2) is 48.5 Å². The van der Waals surface area contributed by atoms with Crippen LogP contribution < -0.4 is 10.6 Å². The average Bonchev–Trinajstić information content (AvgIpc) is 2.81. The van der Waals surface area contributed by atoms with E-state index in [4.69, 9.17) is 11.6 Å². The zero-order valence-corrected chi connectivity index (χ0v) is 19.6. The van der Waals surface area contributed by atoms with Crippen LogP contribution in [0.25, 0.3) is 0 Å². The van der Waals surface area contributed by atoms with Crippen LogP contribution in [0.3, 0.4) is 0 Å². The van der Waals surface area contributed by atoms with Gasteiger partial charge in [-0.1, -0.05) is 49.7 Å². The van der Waals surface area contributed by atoms with Crippen LogP contribution in [0, 0.1) is 17.7 Å². The minimum absolute atomic E-state index is 0.0363. The highest BCUT2D eigenvalue weighted by atomic mass is 35.5. The number of nitrogens with one attached hydrogen (secondary N) is 2. The van der Waals surface area contributed by atoms with Crippen LogP contribution in [-0.4, -0.2) is 48.3 Å². The standard InChI is InChI=1S/C25H29ClFN3O3/c1-16(2)15-28-24(32)22(29-23(31)18-7-3-5-9-20(18)26)17-11-13-30(14-12-17)25(33)19-8-4-6-10-21(19)27/h3-10,16-17,22H,11-15H2,1-2H3,(H,28,32)(H,29,31)/t22-/m0/s1. The second-order valence-electron chi connectivity index (χ2n) is 8.68. The summed E-state index contributed by atoms with van der Waals surface area (Å²) in [7, 11) is 0. The Hall–Kier alpha value is -2.93. The third-order valence-electron chi connectivity index (χ3n) is 5.77. The fourth-order valence-corrected chi connectivity index (χ4v) is 4.14. The average molecular weight is 474 g/mol. The second kappa shape index (κ2) is 11.3. The van der Waals surface area contributed by atoms with Crippen molar-refractivity contribution in [2.45, 2.75) is 32.7 Å². The van der Waals surface area contributed by atoms with Gasteiger partial charge in [0.15, 0.2) is 0 Å². The molecule has 33 heavy (non-hydrogen) atoms. The Kier molecular flexibility index (Phi) is 8.44. The topological polar surface area (TPSA) is 78.5 Å². The molecule has 176 valence electrons. The molecule has 2 N–H and O–H groups in total. The predicted octanol–water partition coefficient (Wildman–Crippen LogP) is 3.90. The highest BCUT2D eigenvalue weighted by Gasteiger charge is 2.34. The Labute approximate surface area is 198 Å². The molecule has 0 radical (unpaired) electrons. The maximum absolute atomic E-state index is 14.0. The Morgan fingerprint density at radius 1 is 1.03 bits per heavy atom. The number of nitrogens with zero attached hydrogens (tertiary/aromatic N) is 1. The lowest BCUT2D eigenvalue weighted by Crippen LogP contribution is -2.54. The number of carbonyl (C=O) groups excluding carboxylic acids is 3. The number of carbonyl (C=O) groups is 3. The number of piperidine rings is 1. The largest absolute Gasteiger partial charge is 0.354 e. The van der Waals surface area contributed by atoms with Crippen molar-refractivity contribution in [2.24, 2.45) is 11.8 Å². The molecule has 0 aliphatic carbocycles. The van der Waals surface area contributed by atoms with Crippen LogP contribution in [0.2, 0.25) is 5.02 Å². The summed E-state index contributed by atoms with van der Waals surface area (Å²) in [6.07, 6.45) is 1.01. The lowest BCUT2D eigenvalue weighted by molar-refractivity contribution is -0.124. The molecule has 1 atom stereocenters. The summed E-state index contributed by atoms with van der Waals surface area (Å²) in [5.74, 6) is -1.52. The van der Waals surface area contributed by atoms with E-state index in [-0.39, 0.29) is 29.2 Å². The van der Waals surface area contributed by atoms with Crippen LogP contribution in [0.5, 0.6) is 0 Å². The summed E-state index contributed by atoms with van der Waals surface area (Å²) in [6, 6.07) is 11.8. The van der Waals surface area contributed by atoms with Crippen LogP contribution in [0.1, 0.15) is 47.4 Å². The lowest BCUT2D eigenvalue weighted by atomic mass is 9.88. The van der Waals surface area contributed by atoms with E-state index in [9.17, 15) is 18.8 Å². The molecule has 0 bridgehead atoms. The molecule has 2 aromatic carbocycles. The summed E-state index contributed by atoms with van der Waals surface area (Å²) in [5, 5.41) is 6.06. The molecular weight excluding hydrogens is 445 g/mol. The van der Waals surface area contributed by atoms with Crippen LogP contribution in [0.4, 0.5) is 4.39 Å².